The molecule has 2 aromatic rings. The Balaban J connectivity index is 1.70. The van der Waals surface area contributed by atoms with Crippen molar-refractivity contribution >= 4 is 41.4 Å². The molecular formula is C18H14Cl2N2O2. The van der Waals surface area contributed by atoms with Gasteiger partial charge in [-0.2, -0.15) is 5.10 Å². The number of halogens is 2. The first-order chi connectivity index (χ1) is 11.5. The molecule has 0 unspecified atom stereocenters. The molecule has 1 amide bonds. The second-order valence-corrected chi connectivity index (χ2v) is 6.22. The lowest BCUT2D eigenvalue weighted by Crippen LogP contribution is -2.18. The molecule has 0 radical (unpaired) electrons. The molecule has 0 aromatic heterocycles. The number of carbonyl (C=O) groups excluding carboxylic acids is 1. The third kappa shape index (κ3) is 3.78. The lowest BCUT2D eigenvalue weighted by atomic mass is 10.1. The maximum atomic E-state index is 12.0. The molecule has 0 fully saturated rings. The summed E-state index contributed by atoms with van der Waals surface area (Å²) in [4.78, 5) is 12.0. The molecule has 0 bridgehead atoms. The summed E-state index contributed by atoms with van der Waals surface area (Å²) in [7, 11) is 0. The van der Waals surface area contributed by atoms with Crippen molar-refractivity contribution in [2.45, 2.75) is 6.92 Å². The predicted molar refractivity (Wildman–Crippen MR) is 97.1 cm³/mol. The molecule has 3 rings (SSSR count). The number of aryl methyl sites for hydroxylation is 1. The molecule has 1 aliphatic rings. The van der Waals surface area contributed by atoms with Gasteiger partial charge in [-0.25, -0.2) is 5.43 Å². The van der Waals surface area contributed by atoms with Gasteiger partial charge < -0.3 is 4.74 Å². The van der Waals surface area contributed by atoms with Gasteiger partial charge in [0.05, 0.1) is 11.2 Å². The molecule has 6 heteroatoms. The summed E-state index contributed by atoms with van der Waals surface area (Å²) in [5.74, 6) is 0.331. The van der Waals surface area contributed by atoms with E-state index in [-0.39, 0.29) is 5.91 Å². The molecule has 1 N–H and O–H groups in total. The smallest absolute Gasteiger partial charge is 0.271 e. The normalized spacial score (nSPS) is 13.2. The van der Waals surface area contributed by atoms with Crippen molar-refractivity contribution in [2.24, 2.45) is 5.10 Å². The highest BCUT2D eigenvalue weighted by Gasteiger charge is 2.15. The van der Waals surface area contributed by atoms with Gasteiger partial charge in [0.2, 0.25) is 0 Å². The van der Waals surface area contributed by atoms with Crippen LogP contribution in [-0.2, 0) is 0 Å². The van der Waals surface area contributed by atoms with E-state index in [2.05, 4.69) is 10.5 Å². The summed E-state index contributed by atoms with van der Waals surface area (Å²) in [6.07, 6.45) is 3.42. The van der Waals surface area contributed by atoms with Crippen molar-refractivity contribution in [3.8, 4) is 5.75 Å². The molecule has 4 nitrogen and oxygen atoms in total. The minimum atomic E-state index is -0.268. The number of benzene rings is 2. The fourth-order valence-corrected chi connectivity index (χ4v) is 2.82. The first kappa shape index (κ1) is 16.6. The minimum Gasteiger partial charge on any atom is -0.487 e. The lowest BCUT2D eigenvalue weighted by molar-refractivity contribution is 0.0955. The number of hydrogen-bond acceptors (Lipinski definition) is 3. The second-order valence-electron chi connectivity index (χ2n) is 5.38. The number of hydrazone groups is 1. The van der Waals surface area contributed by atoms with Crippen molar-refractivity contribution in [3.05, 3.63) is 68.7 Å². The summed E-state index contributed by atoms with van der Waals surface area (Å²) in [6, 6.07) is 10.7. The summed E-state index contributed by atoms with van der Waals surface area (Å²) < 4.78 is 5.61. The van der Waals surface area contributed by atoms with Crippen LogP contribution in [0.2, 0.25) is 10.0 Å². The van der Waals surface area contributed by atoms with Gasteiger partial charge in [0, 0.05) is 21.7 Å². The molecular weight excluding hydrogens is 347 g/mol. The summed E-state index contributed by atoms with van der Waals surface area (Å²) in [5.41, 5.74) is 5.72. The van der Waals surface area contributed by atoms with Gasteiger partial charge in [0.1, 0.15) is 12.4 Å². The Labute approximate surface area is 149 Å². The zero-order valence-corrected chi connectivity index (χ0v) is 14.4. The molecule has 0 saturated carbocycles. The molecule has 0 atom stereocenters. The highest BCUT2D eigenvalue weighted by atomic mass is 35.5. The molecule has 1 aliphatic heterocycles. The minimum absolute atomic E-state index is 0.268. The van der Waals surface area contributed by atoms with E-state index in [1.165, 1.54) is 0 Å². The van der Waals surface area contributed by atoms with Crippen LogP contribution in [0.3, 0.4) is 0 Å². The highest BCUT2D eigenvalue weighted by Crippen LogP contribution is 2.36. The SMILES string of the molecule is Cc1ccc(C(=O)N/N=C/C2=Cc3cc(Cl)cc(Cl)c3OC2)cc1. The van der Waals surface area contributed by atoms with E-state index >= 15 is 0 Å². The summed E-state index contributed by atoms with van der Waals surface area (Å²) in [6.45, 7) is 2.28. The van der Waals surface area contributed by atoms with Gasteiger partial charge in [0.15, 0.2) is 0 Å². The van der Waals surface area contributed by atoms with Crippen molar-refractivity contribution in [3.63, 3.8) is 0 Å². The predicted octanol–water partition coefficient (Wildman–Crippen LogP) is 4.49. The van der Waals surface area contributed by atoms with Crippen LogP contribution in [0.1, 0.15) is 21.5 Å². The Bertz CT molecular complexity index is 843. The monoisotopic (exact) mass is 360 g/mol. The average molecular weight is 361 g/mol. The summed E-state index contributed by atoms with van der Waals surface area (Å²) in [5, 5.41) is 4.97. The Kier molecular flexibility index (Phi) is 4.88. The van der Waals surface area contributed by atoms with E-state index in [0.717, 1.165) is 16.7 Å². The van der Waals surface area contributed by atoms with Crippen LogP contribution >= 0.6 is 23.2 Å². The number of ether oxygens (including phenoxy) is 1. The zero-order chi connectivity index (χ0) is 17.1. The number of hydrogen-bond donors (Lipinski definition) is 1. The highest BCUT2D eigenvalue weighted by molar-refractivity contribution is 6.36. The summed E-state index contributed by atoms with van der Waals surface area (Å²) >= 11 is 12.1. The van der Waals surface area contributed by atoms with Crippen LogP contribution in [0.25, 0.3) is 6.08 Å². The number of carbonyl (C=O) groups is 1. The quantitative estimate of drug-likeness (QED) is 0.647. The number of nitrogens with zero attached hydrogens (tertiary/aromatic N) is 1. The number of rotatable bonds is 3. The largest absolute Gasteiger partial charge is 0.487 e. The van der Waals surface area contributed by atoms with Gasteiger partial charge in [-0.15, -0.1) is 0 Å². The Morgan fingerprint density at radius 1 is 1.25 bits per heavy atom. The van der Waals surface area contributed by atoms with E-state index in [0.29, 0.717) is 28.0 Å². The standard InChI is InChI=1S/C18H14Cl2N2O2/c1-11-2-4-13(5-3-11)18(23)22-21-9-12-6-14-7-15(19)8-16(20)17(14)24-10-12/h2-9H,10H2,1H3,(H,22,23)/b21-9+. The van der Waals surface area contributed by atoms with E-state index < -0.39 is 0 Å². The van der Waals surface area contributed by atoms with Gasteiger partial charge in [-0.05, 0) is 37.3 Å². The Hall–Kier alpha value is -2.30. The number of amides is 1. The number of nitrogens with one attached hydrogen (secondary N) is 1. The van der Waals surface area contributed by atoms with Crippen LogP contribution in [0.5, 0.6) is 5.75 Å². The van der Waals surface area contributed by atoms with Gasteiger partial charge >= 0.3 is 0 Å². The fourth-order valence-electron chi connectivity index (χ4n) is 2.25. The van der Waals surface area contributed by atoms with Crippen LogP contribution in [0, 0.1) is 6.92 Å². The number of fused-ring (bicyclic) bond motifs is 1. The van der Waals surface area contributed by atoms with E-state index in [9.17, 15) is 4.79 Å². The molecule has 2 aromatic carbocycles. The Morgan fingerprint density at radius 2 is 2.00 bits per heavy atom. The van der Waals surface area contributed by atoms with Crippen LogP contribution < -0.4 is 10.2 Å². The van der Waals surface area contributed by atoms with E-state index in [1.54, 1.807) is 30.5 Å². The van der Waals surface area contributed by atoms with Gasteiger partial charge in [-0.1, -0.05) is 40.9 Å². The molecule has 122 valence electrons. The average Bonchev–Trinajstić information content (AvgIpc) is 2.55. The van der Waals surface area contributed by atoms with Crippen LogP contribution in [0.4, 0.5) is 0 Å². The fraction of sp³-hybridized carbons (Fsp3) is 0.111. The first-order valence-corrected chi connectivity index (χ1v) is 8.01. The first-order valence-electron chi connectivity index (χ1n) is 7.25. The van der Waals surface area contributed by atoms with Crippen LogP contribution in [-0.4, -0.2) is 18.7 Å². The molecule has 0 spiro atoms. The van der Waals surface area contributed by atoms with E-state index in [1.807, 2.05) is 25.1 Å². The second kappa shape index (κ2) is 7.07. The van der Waals surface area contributed by atoms with Gasteiger partial charge in [0.25, 0.3) is 5.91 Å². The van der Waals surface area contributed by atoms with Gasteiger partial charge in [-0.3, -0.25) is 4.79 Å². The van der Waals surface area contributed by atoms with Crippen LogP contribution in [0.15, 0.2) is 47.1 Å². The molecule has 0 aliphatic carbocycles. The third-order valence-electron chi connectivity index (χ3n) is 3.47. The maximum Gasteiger partial charge on any atom is 0.271 e. The zero-order valence-electron chi connectivity index (χ0n) is 12.8. The molecule has 24 heavy (non-hydrogen) atoms. The lowest BCUT2D eigenvalue weighted by Gasteiger charge is -2.17. The molecule has 1 heterocycles. The van der Waals surface area contributed by atoms with Crippen molar-refractivity contribution < 1.29 is 9.53 Å². The van der Waals surface area contributed by atoms with Crippen molar-refractivity contribution in [1.29, 1.82) is 0 Å². The maximum absolute atomic E-state index is 12.0. The topological polar surface area (TPSA) is 50.7 Å². The van der Waals surface area contributed by atoms with Crippen molar-refractivity contribution in [2.75, 3.05) is 6.61 Å². The van der Waals surface area contributed by atoms with Crippen molar-refractivity contribution in [1.82, 2.24) is 5.43 Å². The Morgan fingerprint density at radius 3 is 2.75 bits per heavy atom. The van der Waals surface area contributed by atoms with E-state index in [4.69, 9.17) is 27.9 Å². The molecule has 0 saturated heterocycles. The third-order valence-corrected chi connectivity index (χ3v) is 3.97.